The van der Waals surface area contributed by atoms with Gasteiger partial charge >= 0.3 is 0 Å². The Bertz CT molecular complexity index is 1440. The molecule has 0 N–H and O–H groups in total. The van der Waals surface area contributed by atoms with E-state index in [9.17, 15) is 0 Å². The lowest BCUT2D eigenvalue weighted by atomic mass is 10.1. The molecule has 0 saturated carbocycles. The van der Waals surface area contributed by atoms with E-state index in [4.69, 9.17) is 9.97 Å². The molecule has 6 aromatic rings. The van der Waals surface area contributed by atoms with Crippen LogP contribution in [0.15, 0.2) is 97.3 Å². The molecule has 0 unspecified atom stereocenters. The summed E-state index contributed by atoms with van der Waals surface area (Å²) in [5, 5.41) is 3.20. The fourth-order valence-corrected chi connectivity index (χ4v) is 3.74. The highest BCUT2D eigenvalue weighted by Crippen LogP contribution is 2.26. The maximum Gasteiger partial charge on any atom is 0.160 e. The predicted molar refractivity (Wildman–Crippen MR) is 121 cm³/mol. The van der Waals surface area contributed by atoms with Gasteiger partial charge in [0.05, 0.1) is 22.4 Å². The number of para-hydroxylation sites is 2. The summed E-state index contributed by atoms with van der Waals surface area (Å²) in [5.74, 6) is 0. The summed E-state index contributed by atoms with van der Waals surface area (Å²) in [6, 6.07) is 28.6. The molecule has 0 aliphatic carbocycles. The van der Waals surface area contributed by atoms with Gasteiger partial charge in [0.1, 0.15) is 0 Å². The van der Waals surface area contributed by atoms with Crippen LogP contribution in [-0.4, -0.2) is 19.9 Å². The molecular formula is C26H16N4. The van der Waals surface area contributed by atoms with Crippen LogP contribution in [-0.2, 0) is 0 Å². The van der Waals surface area contributed by atoms with Crippen molar-refractivity contribution >= 4 is 32.8 Å². The van der Waals surface area contributed by atoms with Gasteiger partial charge < -0.3 is 0 Å². The lowest BCUT2D eigenvalue weighted by Crippen LogP contribution is -1.92. The second kappa shape index (κ2) is 6.71. The number of aromatic nitrogens is 4. The van der Waals surface area contributed by atoms with Crippen LogP contribution in [0.25, 0.3) is 55.4 Å². The van der Waals surface area contributed by atoms with Gasteiger partial charge in [-0.3, -0.25) is 9.97 Å². The molecule has 2 aromatic carbocycles. The van der Waals surface area contributed by atoms with Crippen molar-refractivity contribution < 1.29 is 0 Å². The number of nitrogens with zero attached hydrogens (tertiary/aromatic N) is 4. The molecule has 0 bridgehead atoms. The van der Waals surface area contributed by atoms with E-state index in [0.29, 0.717) is 5.65 Å². The number of rotatable bonds is 2. The molecule has 0 aliphatic heterocycles. The smallest absolute Gasteiger partial charge is 0.160 e. The van der Waals surface area contributed by atoms with Crippen LogP contribution in [0, 0.1) is 0 Å². The second-order valence-corrected chi connectivity index (χ2v) is 7.27. The van der Waals surface area contributed by atoms with E-state index >= 15 is 0 Å². The quantitative estimate of drug-likeness (QED) is 0.364. The maximum atomic E-state index is 4.83. The first-order valence-corrected chi connectivity index (χ1v) is 9.82. The fraction of sp³-hybridized carbons (Fsp3) is 0. The summed E-state index contributed by atoms with van der Waals surface area (Å²) in [6.45, 7) is 0. The van der Waals surface area contributed by atoms with Crippen LogP contribution in [0.5, 0.6) is 0 Å². The number of benzene rings is 2. The van der Waals surface area contributed by atoms with Gasteiger partial charge in [0.15, 0.2) is 5.65 Å². The zero-order valence-corrected chi connectivity index (χ0v) is 16.0. The van der Waals surface area contributed by atoms with Crippen molar-refractivity contribution in [2.24, 2.45) is 0 Å². The Morgan fingerprint density at radius 1 is 0.467 bits per heavy atom. The monoisotopic (exact) mass is 384 g/mol. The summed E-state index contributed by atoms with van der Waals surface area (Å²) < 4.78 is 0. The molecule has 4 nitrogen and oxygen atoms in total. The van der Waals surface area contributed by atoms with Gasteiger partial charge in [-0.1, -0.05) is 36.4 Å². The molecule has 4 heterocycles. The highest BCUT2D eigenvalue weighted by Gasteiger charge is 2.08. The topological polar surface area (TPSA) is 51.6 Å². The lowest BCUT2D eigenvalue weighted by Gasteiger charge is -2.07. The van der Waals surface area contributed by atoms with E-state index in [1.807, 2.05) is 60.9 Å². The molecule has 6 rings (SSSR count). The average Bonchev–Trinajstić information content (AvgIpc) is 2.82. The van der Waals surface area contributed by atoms with E-state index in [0.717, 1.165) is 49.7 Å². The molecule has 4 heteroatoms. The Balaban J connectivity index is 1.46. The SMILES string of the molecule is c1ccc2ncc(-c3ccc4ccc(-c5cnc6ccccc6c5)nc4n3)cc2c1. The molecule has 0 amide bonds. The Labute approximate surface area is 172 Å². The fourth-order valence-electron chi connectivity index (χ4n) is 3.74. The molecule has 0 atom stereocenters. The third-order valence-electron chi connectivity index (χ3n) is 5.32. The number of hydrogen-bond acceptors (Lipinski definition) is 4. The van der Waals surface area contributed by atoms with Crippen molar-refractivity contribution in [3.8, 4) is 22.5 Å². The van der Waals surface area contributed by atoms with E-state index in [2.05, 4.69) is 46.4 Å². The Hall–Kier alpha value is -4.18. The predicted octanol–water partition coefficient (Wildman–Crippen LogP) is 6.06. The number of hydrogen-bond donors (Lipinski definition) is 0. The minimum atomic E-state index is 0.714. The van der Waals surface area contributed by atoms with E-state index in [-0.39, 0.29) is 0 Å². The Kier molecular flexibility index (Phi) is 3.74. The van der Waals surface area contributed by atoms with E-state index in [1.54, 1.807) is 0 Å². The van der Waals surface area contributed by atoms with Crippen LogP contribution < -0.4 is 0 Å². The summed E-state index contributed by atoms with van der Waals surface area (Å²) in [7, 11) is 0. The van der Waals surface area contributed by atoms with Crippen molar-refractivity contribution in [3.63, 3.8) is 0 Å². The average molecular weight is 384 g/mol. The van der Waals surface area contributed by atoms with Gasteiger partial charge in [-0.25, -0.2) is 9.97 Å². The molecule has 0 spiro atoms. The highest BCUT2D eigenvalue weighted by atomic mass is 14.9. The summed E-state index contributed by atoms with van der Waals surface area (Å²) in [5.41, 5.74) is 6.36. The van der Waals surface area contributed by atoms with Gasteiger partial charge in [0, 0.05) is 39.7 Å². The minimum absolute atomic E-state index is 0.714. The van der Waals surface area contributed by atoms with Crippen LogP contribution in [0.1, 0.15) is 0 Å². The minimum Gasteiger partial charge on any atom is -0.256 e. The molecule has 4 aromatic heterocycles. The third-order valence-corrected chi connectivity index (χ3v) is 5.32. The van der Waals surface area contributed by atoms with Crippen molar-refractivity contribution in [1.82, 2.24) is 19.9 Å². The van der Waals surface area contributed by atoms with Gasteiger partial charge in [-0.15, -0.1) is 0 Å². The second-order valence-electron chi connectivity index (χ2n) is 7.27. The highest BCUT2D eigenvalue weighted by molar-refractivity contribution is 5.87. The van der Waals surface area contributed by atoms with E-state index < -0.39 is 0 Å². The molecule has 0 fully saturated rings. The van der Waals surface area contributed by atoms with Gasteiger partial charge in [0.2, 0.25) is 0 Å². The zero-order chi connectivity index (χ0) is 19.9. The molecule has 0 saturated heterocycles. The molecular weight excluding hydrogens is 368 g/mol. The van der Waals surface area contributed by atoms with Crippen LogP contribution in [0.4, 0.5) is 0 Å². The van der Waals surface area contributed by atoms with Crippen LogP contribution >= 0.6 is 0 Å². The van der Waals surface area contributed by atoms with Crippen LogP contribution in [0.3, 0.4) is 0 Å². The zero-order valence-electron chi connectivity index (χ0n) is 16.0. The maximum absolute atomic E-state index is 4.83. The molecule has 0 aliphatic rings. The molecule has 0 radical (unpaired) electrons. The van der Waals surface area contributed by atoms with Crippen molar-refractivity contribution in [3.05, 3.63) is 97.3 Å². The van der Waals surface area contributed by atoms with Crippen molar-refractivity contribution in [2.75, 3.05) is 0 Å². The summed E-state index contributed by atoms with van der Waals surface area (Å²) >= 11 is 0. The largest absolute Gasteiger partial charge is 0.256 e. The van der Waals surface area contributed by atoms with Gasteiger partial charge in [-0.2, -0.15) is 0 Å². The van der Waals surface area contributed by atoms with Crippen molar-refractivity contribution in [2.45, 2.75) is 0 Å². The van der Waals surface area contributed by atoms with Gasteiger partial charge in [-0.05, 0) is 48.5 Å². The van der Waals surface area contributed by atoms with Gasteiger partial charge in [0.25, 0.3) is 0 Å². The van der Waals surface area contributed by atoms with Crippen molar-refractivity contribution in [1.29, 1.82) is 0 Å². The third kappa shape index (κ3) is 2.86. The first kappa shape index (κ1) is 16.7. The standard InChI is InChI=1S/C26H16N4/c1-3-7-22-18(5-1)13-20(15-27-22)24-11-9-17-10-12-25(30-26(17)29-24)21-14-19-6-2-4-8-23(19)28-16-21/h1-16H. The number of fused-ring (bicyclic) bond motifs is 3. The Morgan fingerprint density at radius 3 is 1.50 bits per heavy atom. The van der Waals surface area contributed by atoms with E-state index in [1.165, 1.54) is 0 Å². The number of pyridine rings is 4. The van der Waals surface area contributed by atoms with Crippen LogP contribution in [0.2, 0.25) is 0 Å². The first-order valence-electron chi connectivity index (χ1n) is 9.82. The summed E-state index contributed by atoms with van der Waals surface area (Å²) in [6.07, 6.45) is 3.74. The Morgan fingerprint density at radius 2 is 0.967 bits per heavy atom. The summed E-state index contributed by atoms with van der Waals surface area (Å²) in [4.78, 5) is 18.8. The normalized spacial score (nSPS) is 11.3. The molecule has 140 valence electrons. The lowest BCUT2D eigenvalue weighted by molar-refractivity contribution is 1.27. The first-order chi connectivity index (χ1) is 14.8. The molecule has 30 heavy (non-hydrogen) atoms.